The predicted octanol–water partition coefficient (Wildman–Crippen LogP) is 0.240. The van der Waals surface area contributed by atoms with Gasteiger partial charge in [-0.2, -0.15) is 0 Å². The molecule has 0 spiro atoms. The molecule has 0 atom stereocenters. The molecule has 0 fully saturated rings. The molecule has 24 heavy (non-hydrogen) atoms. The Morgan fingerprint density at radius 3 is 2.42 bits per heavy atom. The summed E-state index contributed by atoms with van der Waals surface area (Å²) in [7, 11) is 0. The van der Waals surface area contributed by atoms with Crippen LogP contribution in [0.4, 0.5) is 5.69 Å². The Morgan fingerprint density at radius 2 is 1.83 bits per heavy atom. The van der Waals surface area contributed by atoms with Crippen LogP contribution in [0.3, 0.4) is 0 Å². The second-order valence-corrected chi connectivity index (χ2v) is 4.16. The van der Waals surface area contributed by atoms with Gasteiger partial charge in [-0.1, -0.05) is 0 Å². The van der Waals surface area contributed by atoms with Crippen molar-refractivity contribution < 1.29 is 28.8 Å². The number of nitrogens with zero attached hydrogens (tertiary/aromatic N) is 1. The smallest absolute Gasteiger partial charge is 0.330 e. The number of carbonyl (C=O) groups is 3. The highest BCUT2D eigenvalue weighted by Crippen LogP contribution is 2.16. The van der Waals surface area contributed by atoms with Crippen molar-refractivity contribution in [1.82, 2.24) is 10.9 Å². The molecule has 0 aromatic heterocycles. The summed E-state index contributed by atoms with van der Waals surface area (Å²) in [6.07, 6.45) is 1.81. The van der Waals surface area contributed by atoms with Crippen molar-refractivity contribution in [3.63, 3.8) is 0 Å². The predicted molar refractivity (Wildman–Crippen MR) is 80.6 cm³/mol. The number of nitro groups is 1. The number of carbonyl (C=O) groups excluding carboxylic acids is 3. The quantitative estimate of drug-likeness (QED) is 0.315. The molecule has 10 nitrogen and oxygen atoms in total. The Kier molecular flexibility index (Phi) is 7.42. The summed E-state index contributed by atoms with van der Waals surface area (Å²) in [6.45, 7) is 1.39. The highest BCUT2D eigenvalue weighted by Gasteiger charge is 2.07. The van der Waals surface area contributed by atoms with Crippen molar-refractivity contribution in [2.45, 2.75) is 6.92 Å². The molecule has 2 amide bonds. The number of nitrogens with one attached hydrogen (secondary N) is 2. The van der Waals surface area contributed by atoms with Crippen molar-refractivity contribution in [2.24, 2.45) is 0 Å². The van der Waals surface area contributed by atoms with Crippen LogP contribution < -0.4 is 15.6 Å². The lowest BCUT2D eigenvalue weighted by Gasteiger charge is -2.07. The highest BCUT2D eigenvalue weighted by atomic mass is 16.6. The molecular weight excluding hydrogens is 322 g/mol. The Morgan fingerprint density at radius 1 is 1.17 bits per heavy atom. The molecule has 1 rings (SSSR count). The van der Waals surface area contributed by atoms with Crippen LogP contribution in [0.1, 0.15) is 6.92 Å². The molecule has 2 N–H and O–H groups in total. The number of ether oxygens (including phenoxy) is 2. The second-order valence-electron chi connectivity index (χ2n) is 4.16. The summed E-state index contributed by atoms with van der Waals surface area (Å²) >= 11 is 0. The van der Waals surface area contributed by atoms with Crippen LogP contribution >= 0.6 is 0 Å². The van der Waals surface area contributed by atoms with E-state index in [0.717, 1.165) is 12.2 Å². The van der Waals surface area contributed by atoms with E-state index in [1.165, 1.54) is 24.3 Å². The van der Waals surface area contributed by atoms with Gasteiger partial charge < -0.3 is 9.47 Å². The molecule has 0 aliphatic carbocycles. The van der Waals surface area contributed by atoms with E-state index in [1.54, 1.807) is 6.92 Å². The topological polar surface area (TPSA) is 137 Å². The lowest BCUT2D eigenvalue weighted by atomic mass is 10.3. The minimum atomic E-state index is -0.730. The summed E-state index contributed by atoms with van der Waals surface area (Å²) in [6, 6.07) is 5.14. The highest BCUT2D eigenvalue weighted by molar-refractivity contribution is 5.95. The summed E-state index contributed by atoms with van der Waals surface area (Å²) < 4.78 is 9.66. The number of esters is 1. The fraction of sp³-hybridized carbons (Fsp3) is 0.214. The van der Waals surface area contributed by atoms with Gasteiger partial charge >= 0.3 is 5.97 Å². The monoisotopic (exact) mass is 337 g/mol. The fourth-order valence-electron chi connectivity index (χ4n) is 1.36. The van der Waals surface area contributed by atoms with Gasteiger partial charge in [-0.15, -0.1) is 0 Å². The number of hydrazine groups is 1. The third-order valence-corrected chi connectivity index (χ3v) is 2.40. The number of hydrogen-bond acceptors (Lipinski definition) is 7. The Bertz CT molecular complexity index is 640. The third kappa shape index (κ3) is 7.02. The number of hydrogen-bond donors (Lipinski definition) is 2. The van der Waals surface area contributed by atoms with E-state index in [0.29, 0.717) is 0 Å². The van der Waals surface area contributed by atoms with E-state index in [-0.39, 0.29) is 18.0 Å². The molecule has 1 aromatic rings. The third-order valence-electron chi connectivity index (χ3n) is 2.40. The zero-order chi connectivity index (χ0) is 17.9. The first kappa shape index (κ1) is 18.6. The first-order chi connectivity index (χ1) is 11.4. The number of non-ortho nitro benzene ring substituents is 1. The standard InChI is InChI=1S/C14H15N3O7/c1-2-23-14(20)8-7-12(18)15-16-13(19)9-24-11-5-3-10(4-6-11)17(21)22/h3-8H,2,9H2,1H3,(H,15,18)(H,16,19)/b8-7+. The van der Waals surface area contributed by atoms with Crippen LogP contribution in [-0.2, 0) is 19.1 Å². The molecule has 0 aliphatic heterocycles. The Labute approximate surface area is 136 Å². The summed E-state index contributed by atoms with van der Waals surface area (Å²) in [5.41, 5.74) is 4.00. The van der Waals surface area contributed by atoms with E-state index >= 15 is 0 Å². The lowest BCUT2D eigenvalue weighted by Crippen LogP contribution is -2.43. The molecule has 0 saturated carbocycles. The molecule has 0 aliphatic rings. The summed E-state index contributed by atoms with van der Waals surface area (Å²) in [5.74, 6) is -1.82. The van der Waals surface area contributed by atoms with Crippen LogP contribution in [0.2, 0.25) is 0 Å². The summed E-state index contributed by atoms with van der Waals surface area (Å²) in [4.78, 5) is 43.7. The zero-order valence-corrected chi connectivity index (χ0v) is 12.7. The van der Waals surface area contributed by atoms with Crippen molar-refractivity contribution >= 4 is 23.5 Å². The maximum atomic E-state index is 11.5. The Hall–Kier alpha value is -3.43. The van der Waals surface area contributed by atoms with Crippen molar-refractivity contribution in [3.8, 4) is 5.75 Å². The van der Waals surface area contributed by atoms with E-state index in [4.69, 9.17) is 4.74 Å². The maximum Gasteiger partial charge on any atom is 0.330 e. The normalized spacial score (nSPS) is 10.0. The van der Waals surface area contributed by atoms with E-state index in [1.807, 2.05) is 5.43 Å². The maximum absolute atomic E-state index is 11.5. The SMILES string of the molecule is CCOC(=O)/C=C/C(=O)NNC(=O)COc1ccc([N+](=O)[O-])cc1. The molecule has 0 saturated heterocycles. The average Bonchev–Trinajstić information content (AvgIpc) is 2.56. The first-order valence-corrected chi connectivity index (χ1v) is 6.73. The minimum Gasteiger partial charge on any atom is -0.484 e. The van der Waals surface area contributed by atoms with Gasteiger partial charge in [0.15, 0.2) is 6.61 Å². The molecule has 0 unspecified atom stereocenters. The lowest BCUT2D eigenvalue weighted by molar-refractivity contribution is -0.384. The van der Waals surface area contributed by atoms with Gasteiger partial charge in [0.1, 0.15) is 5.75 Å². The minimum absolute atomic E-state index is 0.104. The number of benzene rings is 1. The van der Waals surface area contributed by atoms with Gasteiger partial charge in [0.2, 0.25) is 0 Å². The van der Waals surface area contributed by atoms with Gasteiger partial charge in [-0.05, 0) is 19.1 Å². The van der Waals surface area contributed by atoms with Crippen molar-refractivity contribution in [3.05, 3.63) is 46.5 Å². The molecule has 0 bridgehead atoms. The average molecular weight is 337 g/mol. The molecular formula is C14H15N3O7. The second kappa shape index (κ2) is 9.56. The summed E-state index contributed by atoms with van der Waals surface area (Å²) in [5, 5.41) is 10.5. The number of nitro benzene ring substituents is 1. The van der Waals surface area contributed by atoms with Gasteiger partial charge in [-0.25, -0.2) is 4.79 Å². The molecule has 0 heterocycles. The van der Waals surface area contributed by atoms with Gasteiger partial charge in [0.25, 0.3) is 17.5 Å². The Balaban J connectivity index is 2.32. The van der Waals surface area contributed by atoms with Gasteiger partial charge in [-0.3, -0.25) is 30.6 Å². The van der Waals surface area contributed by atoms with Crippen molar-refractivity contribution in [2.75, 3.05) is 13.2 Å². The number of rotatable bonds is 7. The molecule has 10 heteroatoms. The molecule has 1 aromatic carbocycles. The fourth-order valence-corrected chi connectivity index (χ4v) is 1.36. The van der Waals surface area contributed by atoms with Gasteiger partial charge in [0.05, 0.1) is 11.5 Å². The largest absolute Gasteiger partial charge is 0.484 e. The van der Waals surface area contributed by atoms with E-state index in [9.17, 15) is 24.5 Å². The van der Waals surface area contributed by atoms with E-state index < -0.39 is 29.3 Å². The van der Waals surface area contributed by atoms with Crippen LogP contribution in [0.5, 0.6) is 5.75 Å². The van der Waals surface area contributed by atoms with E-state index in [2.05, 4.69) is 10.2 Å². The van der Waals surface area contributed by atoms with Crippen LogP contribution in [0, 0.1) is 10.1 Å². The van der Waals surface area contributed by atoms with Gasteiger partial charge in [0, 0.05) is 24.3 Å². The molecule has 0 radical (unpaired) electrons. The molecule has 128 valence electrons. The first-order valence-electron chi connectivity index (χ1n) is 6.73. The van der Waals surface area contributed by atoms with Crippen molar-refractivity contribution in [1.29, 1.82) is 0 Å². The number of amides is 2. The van der Waals surface area contributed by atoms with Crippen LogP contribution in [-0.4, -0.2) is 35.9 Å². The van der Waals surface area contributed by atoms with Crippen LogP contribution in [0.25, 0.3) is 0 Å². The zero-order valence-electron chi connectivity index (χ0n) is 12.7. The van der Waals surface area contributed by atoms with Crippen LogP contribution in [0.15, 0.2) is 36.4 Å².